The molecule has 0 unspecified atom stereocenters. The van der Waals surface area contributed by atoms with E-state index in [4.69, 9.17) is 27.9 Å². The second-order valence-corrected chi connectivity index (χ2v) is 9.15. The van der Waals surface area contributed by atoms with E-state index in [9.17, 15) is 9.90 Å². The highest BCUT2D eigenvalue weighted by Gasteiger charge is 2.69. The highest BCUT2D eigenvalue weighted by molar-refractivity contribution is 6.31. The Hall–Kier alpha value is -2.57. The summed E-state index contributed by atoms with van der Waals surface area (Å²) in [6, 6.07) is 21.3. The van der Waals surface area contributed by atoms with Crippen molar-refractivity contribution in [3.8, 4) is 0 Å². The van der Waals surface area contributed by atoms with Crippen molar-refractivity contribution in [2.45, 2.75) is 24.6 Å². The van der Waals surface area contributed by atoms with Crippen LogP contribution in [-0.2, 0) is 10.5 Å². The third-order valence-corrected chi connectivity index (χ3v) is 6.88. The minimum atomic E-state index is -1.68. The van der Waals surface area contributed by atoms with Crippen LogP contribution in [0.25, 0.3) is 0 Å². The lowest BCUT2D eigenvalue weighted by atomic mass is 9.79. The first-order chi connectivity index (χ1) is 15.4. The van der Waals surface area contributed by atoms with Gasteiger partial charge in [0.05, 0.1) is 6.61 Å². The van der Waals surface area contributed by atoms with Gasteiger partial charge < -0.3 is 9.84 Å². The van der Waals surface area contributed by atoms with Gasteiger partial charge in [-0.05, 0) is 55.5 Å². The fraction of sp³-hybridized carbons (Fsp3) is 0.240. The number of hydrogen-bond donors (Lipinski definition) is 1. The summed E-state index contributed by atoms with van der Waals surface area (Å²) in [5, 5.41) is 13.7. The first-order valence-electron chi connectivity index (χ1n) is 10.4. The lowest BCUT2D eigenvalue weighted by Crippen LogP contribution is -2.60. The molecule has 2 atom stereocenters. The van der Waals surface area contributed by atoms with Gasteiger partial charge in [-0.25, -0.2) is 4.79 Å². The average molecular weight is 469 g/mol. The molecule has 3 aromatic rings. The summed E-state index contributed by atoms with van der Waals surface area (Å²) in [5.74, 6) is 0. The molecule has 5 rings (SSSR count). The van der Waals surface area contributed by atoms with Crippen molar-refractivity contribution in [3.05, 3.63) is 94.0 Å². The number of ether oxygens (including phenoxy) is 1. The molecule has 7 heteroatoms. The molecule has 5 nitrogen and oxygen atoms in total. The van der Waals surface area contributed by atoms with Gasteiger partial charge in [-0.1, -0.05) is 53.0 Å². The molecule has 0 saturated carbocycles. The Kier molecular flexibility index (Phi) is 5.18. The maximum atomic E-state index is 14.1. The van der Waals surface area contributed by atoms with Gasteiger partial charge in [-0.3, -0.25) is 9.80 Å². The molecule has 3 aromatic carbocycles. The number of hydrogen-bond acceptors (Lipinski definition) is 3. The standard InChI is InChI=1S/C25H22Cl2N2O3/c1-17-3-2-4-18(15-17)25(31)24(13-14-32-16-24)28(21-9-5-19(26)6-10-21)23(30)29(25)22-11-7-20(27)8-12-22/h2-12,15,31H,13-14,16H2,1H3/t24-,25-/m1/s1. The molecular weight excluding hydrogens is 447 g/mol. The summed E-state index contributed by atoms with van der Waals surface area (Å²) in [4.78, 5) is 17.2. The summed E-state index contributed by atoms with van der Waals surface area (Å²) in [7, 11) is 0. The van der Waals surface area contributed by atoms with E-state index in [2.05, 4.69) is 0 Å². The minimum absolute atomic E-state index is 0.190. The number of nitrogens with zero attached hydrogens (tertiary/aromatic N) is 2. The third-order valence-electron chi connectivity index (χ3n) is 6.37. The zero-order chi connectivity index (χ0) is 22.5. The number of halogens is 2. The Bertz CT molecular complexity index is 1160. The normalized spacial score (nSPS) is 25.2. The fourth-order valence-electron chi connectivity index (χ4n) is 4.89. The van der Waals surface area contributed by atoms with Crippen molar-refractivity contribution >= 4 is 40.6 Å². The summed E-state index contributed by atoms with van der Waals surface area (Å²) >= 11 is 12.2. The Morgan fingerprint density at radius 3 is 2.03 bits per heavy atom. The monoisotopic (exact) mass is 468 g/mol. The Labute approximate surface area is 196 Å². The Morgan fingerprint density at radius 1 is 0.906 bits per heavy atom. The molecule has 2 aliphatic rings. The van der Waals surface area contributed by atoms with Gasteiger partial charge in [0.2, 0.25) is 0 Å². The van der Waals surface area contributed by atoms with Gasteiger partial charge in [0, 0.05) is 40.0 Å². The molecule has 0 aromatic heterocycles. The van der Waals surface area contributed by atoms with E-state index in [0.717, 1.165) is 5.56 Å². The topological polar surface area (TPSA) is 53.0 Å². The molecule has 32 heavy (non-hydrogen) atoms. The second kappa shape index (κ2) is 7.78. The molecule has 0 bridgehead atoms. The van der Waals surface area contributed by atoms with Crippen molar-refractivity contribution in [1.29, 1.82) is 0 Å². The fourth-order valence-corrected chi connectivity index (χ4v) is 5.14. The van der Waals surface area contributed by atoms with E-state index in [1.807, 2.05) is 31.2 Å². The average Bonchev–Trinajstić information content (AvgIpc) is 3.34. The van der Waals surface area contributed by atoms with Gasteiger partial charge in [0.15, 0.2) is 5.72 Å². The van der Waals surface area contributed by atoms with Crippen molar-refractivity contribution in [2.24, 2.45) is 0 Å². The van der Waals surface area contributed by atoms with Crippen LogP contribution in [0.1, 0.15) is 17.5 Å². The Balaban J connectivity index is 1.79. The van der Waals surface area contributed by atoms with E-state index in [1.54, 1.807) is 53.4 Å². The lowest BCUT2D eigenvalue weighted by molar-refractivity contribution is -0.0212. The molecule has 2 fully saturated rings. The molecule has 2 saturated heterocycles. The van der Waals surface area contributed by atoms with Crippen LogP contribution in [0.5, 0.6) is 0 Å². The van der Waals surface area contributed by atoms with Crippen LogP contribution >= 0.6 is 23.2 Å². The van der Waals surface area contributed by atoms with Crippen molar-refractivity contribution in [3.63, 3.8) is 0 Å². The van der Waals surface area contributed by atoms with Crippen LogP contribution in [0.4, 0.5) is 16.2 Å². The number of anilines is 2. The SMILES string of the molecule is Cc1cccc([C@]2(O)N(c3ccc(Cl)cc3)C(=O)N(c3ccc(Cl)cc3)[C@@]23CCOC3)c1. The van der Waals surface area contributed by atoms with Crippen molar-refractivity contribution < 1.29 is 14.6 Å². The van der Waals surface area contributed by atoms with Crippen LogP contribution in [0, 0.1) is 6.92 Å². The number of rotatable bonds is 3. The van der Waals surface area contributed by atoms with E-state index in [-0.39, 0.29) is 12.6 Å². The molecule has 1 N–H and O–H groups in total. The second-order valence-electron chi connectivity index (χ2n) is 8.28. The minimum Gasteiger partial charge on any atom is -0.379 e. The first-order valence-corrected chi connectivity index (χ1v) is 11.2. The van der Waals surface area contributed by atoms with Gasteiger partial charge in [0.25, 0.3) is 0 Å². The third kappa shape index (κ3) is 3.04. The molecule has 2 aliphatic heterocycles. The molecule has 0 radical (unpaired) electrons. The van der Waals surface area contributed by atoms with Crippen LogP contribution in [0.15, 0.2) is 72.8 Å². The molecule has 0 aliphatic carbocycles. The van der Waals surface area contributed by atoms with Gasteiger partial charge in [0.1, 0.15) is 5.54 Å². The summed E-state index contributed by atoms with van der Waals surface area (Å²) < 4.78 is 5.83. The first kappa shape index (κ1) is 21.3. The van der Waals surface area contributed by atoms with Crippen LogP contribution < -0.4 is 9.80 Å². The number of benzene rings is 3. The zero-order valence-electron chi connectivity index (χ0n) is 17.5. The van der Waals surface area contributed by atoms with E-state index >= 15 is 0 Å². The van der Waals surface area contributed by atoms with E-state index in [0.29, 0.717) is 40.0 Å². The number of carbonyl (C=O) groups is 1. The van der Waals surface area contributed by atoms with Crippen LogP contribution in [0.2, 0.25) is 10.0 Å². The van der Waals surface area contributed by atoms with Gasteiger partial charge in [-0.2, -0.15) is 0 Å². The summed E-state index contributed by atoms with van der Waals surface area (Å²) in [6.07, 6.45) is 0.468. The summed E-state index contributed by atoms with van der Waals surface area (Å²) in [5.41, 5.74) is 0.0885. The quantitative estimate of drug-likeness (QED) is 0.531. The number of carbonyl (C=O) groups excluding carboxylic acids is 1. The molecule has 164 valence electrons. The largest absolute Gasteiger partial charge is 0.379 e. The highest BCUT2D eigenvalue weighted by Crippen LogP contribution is 2.54. The molecular formula is C25H22Cl2N2O3. The predicted molar refractivity (Wildman–Crippen MR) is 127 cm³/mol. The van der Waals surface area contributed by atoms with Gasteiger partial charge in [-0.15, -0.1) is 0 Å². The number of urea groups is 1. The highest BCUT2D eigenvalue weighted by atomic mass is 35.5. The molecule has 2 amide bonds. The van der Waals surface area contributed by atoms with Crippen LogP contribution in [-0.4, -0.2) is 29.9 Å². The number of amides is 2. The van der Waals surface area contributed by atoms with E-state index < -0.39 is 11.3 Å². The molecule has 2 heterocycles. The zero-order valence-corrected chi connectivity index (χ0v) is 19.0. The Morgan fingerprint density at radius 2 is 1.50 bits per heavy atom. The number of aliphatic hydroxyl groups is 1. The van der Waals surface area contributed by atoms with Crippen molar-refractivity contribution in [2.75, 3.05) is 23.0 Å². The summed E-state index contributed by atoms with van der Waals surface area (Å²) in [6.45, 7) is 2.58. The lowest BCUT2D eigenvalue weighted by Gasteiger charge is -2.44. The predicted octanol–water partition coefficient (Wildman–Crippen LogP) is 5.75. The van der Waals surface area contributed by atoms with Crippen molar-refractivity contribution in [1.82, 2.24) is 0 Å². The number of aryl methyl sites for hydroxylation is 1. The smallest absolute Gasteiger partial charge is 0.332 e. The maximum Gasteiger partial charge on any atom is 0.332 e. The van der Waals surface area contributed by atoms with Gasteiger partial charge >= 0.3 is 6.03 Å². The maximum absolute atomic E-state index is 14.1. The van der Waals surface area contributed by atoms with Crippen LogP contribution in [0.3, 0.4) is 0 Å². The molecule has 1 spiro atoms. The van der Waals surface area contributed by atoms with E-state index in [1.165, 1.54) is 4.90 Å².